The highest BCUT2D eigenvalue weighted by Gasteiger charge is 2.24. The molecule has 28 heavy (non-hydrogen) atoms. The van der Waals surface area contributed by atoms with Gasteiger partial charge in [-0.1, -0.05) is 12.1 Å². The van der Waals surface area contributed by atoms with Crippen LogP contribution in [0, 0.1) is 12.7 Å². The van der Waals surface area contributed by atoms with E-state index in [0.29, 0.717) is 25.5 Å². The average Bonchev–Trinajstić information content (AvgIpc) is 3.13. The van der Waals surface area contributed by atoms with Crippen molar-refractivity contribution in [3.63, 3.8) is 0 Å². The van der Waals surface area contributed by atoms with E-state index in [1.807, 2.05) is 29.7 Å². The number of nitrogens with zero attached hydrogens (tertiary/aromatic N) is 3. The van der Waals surface area contributed by atoms with Crippen molar-refractivity contribution in [3.8, 4) is 0 Å². The molecule has 1 atom stereocenters. The SMILES string of the molecule is Cc1ccn2cc(C(=O)NCC(c3ccc(F)cc3)N3CCOCC3)nc2c1. The number of nitrogens with one attached hydrogen (secondary N) is 1. The smallest absolute Gasteiger partial charge is 0.271 e. The van der Waals surface area contributed by atoms with Crippen molar-refractivity contribution in [3.05, 3.63) is 71.4 Å². The van der Waals surface area contributed by atoms with Gasteiger partial charge in [-0.05, 0) is 42.3 Å². The van der Waals surface area contributed by atoms with Crippen molar-refractivity contribution in [2.24, 2.45) is 0 Å². The second kappa shape index (κ2) is 8.08. The number of fused-ring (bicyclic) bond motifs is 1. The number of amides is 1. The number of imidazole rings is 1. The van der Waals surface area contributed by atoms with Crippen LogP contribution in [0.1, 0.15) is 27.7 Å². The van der Waals surface area contributed by atoms with Gasteiger partial charge in [0.05, 0.1) is 19.3 Å². The lowest BCUT2D eigenvalue weighted by molar-refractivity contribution is 0.0162. The summed E-state index contributed by atoms with van der Waals surface area (Å²) >= 11 is 0. The molecule has 1 aliphatic rings. The predicted octanol–water partition coefficient (Wildman–Crippen LogP) is 2.59. The number of halogens is 1. The Morgan fingerprint density at radius 3 is 2.75 bits per heavy atom. The molecule has 1 aromatic carbocycles. The van der Waals surface area contributed by atoms with Gasteiger partial charge < -0.3 is 14.5 Å². The molecule has 0 saturated carbocycles. The van der Waals surface area contributed by atoms with Crippen molar-refractivity contribution < 1.29 is 13.9 Å². The third-order valence-electron chi connectivity index (χ3n) is 5.05. The Balaban J connectivity index is 1.50. The van der Waals surface area contributed by atoms with E-state index in [9.17, 15) is 9.18 Å². The van der Waals surface area contributed by atoms with Crippen LogP contribution >= 0.6 is 0 Å². The van der Waals surface area contributed by atoms with Gasteiger partial charge in [0.2, 0.25) is 0 Å². The quantitative estimate of drug-likeness (QED) is 0.737. The molecular formula is C21H23FN4O2. The van der Waals surface area contributed by atoms with Crippen LogP contribution in [-0.4, -0.2) is 53.0 Å². The molecule has 3 aromatic rings. The molecule has 146 valence electrons. The van der Waals surface area contributed by atoms with Gasteiger partial charge in [0.25, 0.3) is 5.91 Å². The fourth-order valence-electron chi connectivity index (χ4n) is 3.50. The molecule has 4 rings (SSSR count). The number of carbonyl (C=O) groups is 1. The van der Waals surface area contributed by atoms with Crippen molar-refractivity contribution in [1.82, 2.24) is 19.6 Å². The van der Waals surface area contributed by atoms with Crippen LogP contribution in [0.15, 0.2) is 48.8 Å². The maximum atomic E-state index is 13.3. The third-order valence-corrected chi connectivity index (χ3v) is 5.05. The number of ether oxygens (including phenoxy) is 1. The number of pyridine rings is 1. The molecule has 1 unspecified atom stereocenters. The van der Waals surface area contributed by atoms with Gasteiger partial charge in [-0.2, -0.15) is 0 Å². The zero-order chi connectivity index (χ0) is 19.5. The molecule has 3 heterocycles. The summed E-state index contributed by atoms with van der Waals surface area (Å²) < 4.78 is 20.6. The highest BCUT2D eigenvalue weighted by molar-refractivity contribution is 5.92. The minimum absolute atomic E-state index is 0.0484. The van der Waals surface area contributed by atoms with E-state index < -0.39 is 0 Å². The van der Waals surface area contributed by atoms with Crippen LogP contribution in [0.2, 0.25) is 0 Å². The van der Waals surface area contributed by atoms with Gasteiger partial charge in [0.15, 0.2) is 0 Å². The van der Waals surface area contributed by atoms with Crippen LogP contribution in [0.4, 0.5) is 4.39 Å². The third kappa shape index (κ3) is 4.05. The molecule has 2 aromatic heterocycles. The highest BCUT2D eigenvalue weighted by atomic mass is 19.1. The number of carbonyl (C=O) groups excluding carboxylic acids is 1. The monoisotopic (exact) mass is 382 g/mol. The Morgan fingerprint density at radius 2 is 2.00 bits per heavy atom. The molecule has 1 amide bonds. The van der Waals surface area contributed by atoms with Crippen molar-refractivity contribution in [2.45, 2.75) is 13.0 Å². The largest absolute Gasteiger partial charge is 0.379 e. The zero-order valence-electron chi connectivity index (χ0n) is 15.8. The molecule has 6 nitrogen and oxygen atoms in total. The lowest BCUT2D eigenvalue weighted by Gasteiger charge is -2.34. The fourth-order valence-corrected chi connectivity index (χ4v) is 3.50. The Morgan fingerprint density at radius 1 is 1.25 bits per heavy atom. The van der Waals surface area contributed by atoms with Crippen LogP contribution < -0.4 is 5.32 Å². The summed E-state index contributed by atoms with van der Waals surface area (Å²) in [4.78, 5) is 19.4. The first kappa shape index (κ1) is 18.6. The van der Waals surface area contributed by atoms with Crippen LogP contribution in [0.25, 0.3) is 5.65 Å². The van der Waals surface area contributed by atoms with E-state index in [0.717, 1.165) is 29.9 Å². The molecule has 1 fully saturated rings. The zero-order valence-corrected chi connectivity index (χ0v) is 15.8. The number of rotatable bonds is 5. The summed E-state index contributed by atoms with van der Waals surface area (Å²) in [6, 6.07) is 10.3. The summed E-state index contributed by atoms with van der Waals surface area (Å²) in [5.74, 6) is -0.491. The maximum Gasteiger partial charge on any atom is 0.271 e. The van der Waals surface area contributed by atoms with Gasteiger partial charge in [-0.25, -0.2) is 9.37 Å². The molecule has 0 radical (unpaired) electrons. The van der Waals surface area contributed by atoms with E-state index in [1.54, 1.807) is 18.3 Å². The minimum atomic E-state index is -0.270. The lowest BCUT2D eigenvalue weighted by Crippen LogP contribution is -2.43. The second-order valence-corrected chi connectivity index (χ2v) is 7.02. The predicted molar refractivity (Wildman–Crippen MR) is 104 cm³/mol. The first-order chi connectivity index (χ1) is 13.6. The highest BCUT2D eigenvalue weighted by Crippen LogP contribution is 2.22. The van der Waals surface area contributed by atoms with Gasteiger partial charge >= 0.3 is 0 Å². The summed E-state index contributed by atoms with van der Waals surface area (Å²) in [6.07, 6.45) is 3.62. The number of benzene rings is 1. The van der Waals surface area contributed by atoms with E-state index in [2.05, 4.69) is 15.2 Å². The van der Waals surface area contributed by atoms with E-state index in [-0.39, 0.29) is 17.8 Å². The van der Waals surface area contributed by atoms with Crippen LogP contribution in [0.3, 0.4) is 0 Å². The fraction of sp³-hybridized carbons (Fsp3) is 0.333. The second-order valence-electron chi connectivity index (χ2n) is 7.02. The van der Waals surface area contributed by atoms with Gasteiger partial charge in [0, 0.05) is 32.0 Å². The molecule has 1 N–H and O–H groups in total. The standard InChI is InChI=1S/C21H23FN4O2/c1-15-6-7-26-14-18(24-20(26)12-15)21(27)23-13-19(25-8-10-28-11-9-25)16-2-4-17(22)5-3-16/h2-7,12,14,19H,8-11,13H2,1H3,(H,23,27). The summed E-state index contributed by atoms with van der Waals surface area (Å²) in [7, 11) is 0. The van der Waals surface area contributed by atoms with Crippen LogP contribution in [-0.2, 0) is 4.74 Å². The normalized spacial score (nSPS) is 16.2. The molecule has 0 bridgehead atoms. The van der Waals surface area contributed by atoms with E-state index in [4.69, 9.17) is 4.74 Å². The summed E-state index contributed by atoms with van der Waals surface area (Å²) in [6.45, 7) is 5.24. The van der Waals surface area contributed by atoms with Gasteiger partial charge in [0.1, 0.15) is 17.2 Å². The minimum Gasteiger partial charge on any atom is -0.379 e. The topological polar surface area (TPSA) is 58.9 Å². The van der Waals surface area contributed by atoms with E-state index >= 15 is 0 Å². The number of aromatic nitrogens is 2. The molecule has 1 aliphatic heterocycles. The van der Waals surface area contributed by atoms with Crippen molar-refractivity contribution >= 4 is 11.6 Å². The first-order valence-electron chi connectivity index (χ1n) is 9.41. The summed E-state index contributed by atoms with van der Waals surface area (Å²) in [5, 5.41) is 2.99. The maximum absolute atomic E-state index is 13.3. The van der Waals surface area contributed by atoms with Crippen molar-refractivity contribution in [1.29, 1.82) is 0 Å². The van der Waals surface area contributed by atoms with Gasteiger partial charge in [-0.3, -0.25) is 9.69 Å². The Labute approximate surface area is 162 Å². The Bertz CT molecular complexity index is 964. The summed E-state index contributed by atoms with van der Waals surface area (Å²) in [5.41, 5.74) is 3.18. The molecule has 0 aliphatic carbocycles. The van der Waals surface area contributed by atoms with Crippen LogP contribution in [0.5, 0.6) is 0 Å². The number of aryl methyl sites for hydroxylation is 1. The molecule has 0 spiro atoms. The first-order valence-corrected chi connectivity index (χ1v) is 9.41. The van der Waals surface area contributed by atoms with Crippen molar-refractivity contribution in [2.75, 3.05) is 32.8 Å². The Kier molecular flexibility index (Phi) is 5.36. The number of hydrogen-bond donors (Lipinski definition) is 1. The molecule has 1 saturated heterocycles. The van der Waals surface area contributed by atoms with E-state index in [1.165, 1.54) is 12.1 Å². The lowest BCUT2D eigenvalue weighted by atomic mass is 10.0. The van der Waals surface area contributed by atoms with Gasteiger partial charge in [-0.15, -0.1) is 0 Å². The molecule has 7 heteroatoms. The number of hydrogen-bond acceptors (Lipinski definition) is 4. The average molecular weight is 382 g/mol. The number of morpholine rings is 1. The molecular weight excluding hydrogens is 359 g/mol. The Hall–Kier alpha value is -2.77.